The van der Waals surface area contributed by atoms with Crippen LogP contribution in [0.2, 0.25) is 0 Å². The van der Waals surface area contributed by atoms with Crippen molar-refractivity contribution in [2.75, 3.05) is 0 Å². The van der Waals surface area contributed by atoms with E-state index in [1.54, 1.807) is 18.2 Å². The van der Waals surface area contributed by atoms with Crippen LogP contribution >= 0.6 is 0 Å². The number of nitrogens with zero attached hydrogens (tertiary/aromatic N) is 3. The fourth-order valence-electron chi connectivity index (χ4n) is 1.92. The van der Waals surface area contributed by atoms with Crippen molar-refractivity contribution in [3.8, 4) is 17.7 Å². The lowest BCUT2D eigenvalue weighted by molar-refractivity contribution is 0.458. The lowest BCUT2D eigenvalue weighted by Gasteiger charge is -2.06. The second-order valence-corrected chi connectivity index (χ2v) is 4.36. The van der Waals surface area contributed by atoms with E-state index < -0.39 is 5.63 Å². The summed E-state index contributed by atoms with van der Waals surface area (Å²) in [6, 6.07) is 8.48. The Morgan fingerprint density at radius 1 is 1.24 bits per heavy atom. The lowest BCUT2D eigenvalue weighted by atomic mass is 10.1. The molecule has 6 heteroatoms. The highest BCUT2D eigenvalue weighted by atomic mass is 16.5. The van der Waals surface area contributed by atoms with Crippen molar-refractivity contribution in [1.82, 2.24) is 9.97 Å². The molecule has 0 saturated heterocycles. The van der Waals surface area contributed by atoms with Crippen molar-refractivity contribution in [1.29, 1.82) is 5.26 Å². The van der Waals surface area contributed by atoms with Crippen LogP contribution in [0.25, 0.3) is 11.0 Å². The average molecular weight is 279 g/mol. The molecule has 3 rings (SSSR count). The number of aryl methyl sites for hydroxylation is 1. The van der Waals surface area contributed by atoms with Crippen LogP contribution in [0.5, 0.6) is 11.6 Å². The SMILES string of the molecule is Cc1cc(=O)oc2cc(Oc3cnc(C#N)cn3)ccc12. The molecule has 0 radical (unpaired) electrons. The highest BCUT2D eigenvalue weighted by Gasteiger charge is 2.06. The van der Waals surface area contributed by atoms with Crippen LogP contribution in [-0.4, -0.2) is 9.97 Å². The summed E-state index contributed by atoms with van der Waals surface area (Å²) >= 11 is 0. The first kappa shape index (κ1) is 12.8. The summed E-state index contributed by atoms with van der Waals surface area (Å²) in [5.41, 5.74) is 1.09. The van der Waals surface area contributed by atoms with Crippen molar-refractivity contribution in [3.63, 3.8) is 0 Å². The number of fused-ring (bicyclic) bond motifs is 1. The van der Waals surface area contributed by atoms with Crippen LogP contribution in [0, 0.1) is 18.3 Å². The van der Waals surface area contributed by atoms with Gasteiger partial charge in [0.25, 0.3) is 0 Å². The van der Waals surface area contributed by atoms with Crippen molar-refractivity contribution in [2.24, 2.45) is 0 Å². The van der Waals surface area contributed by atoms with Gasteiger partial charge in [-0.1, -0.05) is 0 Å². The normalized spacial score (nSPS) is 10.3. The molecular weight excluding hydrogens is 270 g/mol. The zero-order valence-electron chi connectivity index (χ0n) is 11.0. The Morgan fingerprint density at radius 3 is 2.81 bits per heavy atom. The van der Waals surface area contributed by atoms with Gasteiger partial charge in [-0.25, -0.2) is 14.8 Å². The Morgan fingerprint density at radius 2 is 2.10 bits per heavy atom. The monoisotopic (exact) mass is 279 g/mol. The molecular formula is C15H9N3O3. The highest BCUT2D eigenvalue weighted by molar-refractivity contribution is 5.81. The van der Waals surface area contributed by atoms with Gasteiger partial charge in [0.2, 0.25) is 5.88 Å². The Hall–Kier alpha value is -3.20. The first-order valence-electron chi connectivity index (χ1n) is 6.10. The number of ether oxygens (including phenoxy) is 1. The Kier molecular flexibility index (Phi) is 3.09. The van der Waals surface area contributed by atoms with E-state index in [4.69, 9.17) is 14.4 Å². The van der Waals surface area contributed by atoms with Gasteiger partial charge in [0.05, 0.1) is 12.4 Å². The van der Waals surface area contributed by atoms with Crippen molar-refractivity contribution >= 4 is 11.0 Å². The van der Waals surface area contributed by atoms with Crippen molar-refractivity contribution in [3.05, 3.63) is 58.3 Å². The second kappa shape index (κ2) is 5.06. The third-order valence-corrected chi connectivity index (χ3v) is 2.89. The summed E-state index contributed by atoms with van der Waals surface area (Å²) in [4.78, 5) is 19.2. The van der Waals surface area contributed by atoms with E-state index in [1.807, 2.05) is 13.0 Å². The lowest BCUT2D eigenvalue weighted by Crippen LogP contribution is -1.98. The molecule has 0 bridgehead atoms. The first-order valence-corrected chi connectivity index (χ1v) is 6.10. The molecule has 0 fully saturated rings. The molecule has 0 N–H and O–H groups in total. The van der Waals surface area contributed by atoms with E-state index in [0.29, 0.717) is 11.3 Å². The number of hydrogen-bond acceptors (Lipinski definition) is 6. The van der Waals surface area contributed by atoms with Crippen LogP contribution in [-0.2, 0) is 0 Å². The summed E-state index contributed by atoms with van der Waals surface area (Å²) in [5, 5.41) is 9.49. The van der Waals surface area contributed by atoms with Gasteiger partial charge in [-0.2, -0.15) is 5.26 Å². The third-order valence-electron chi connectivity index (χ3n) is 2.89. The molecule has 1 aromatic carbocycles. The number of benzene rings is 1. The van der Waals surface area contributed by atoms with Gasteiger partial charge in [0, 0.05) is 17.5 Å². The predicted molar refractivity (Wildman–Crippen MR) is 74.0 cm³/mol. The number of hydrogen-bond donors (Lipinski definition) is 0. The Balaban J connectivity index is 1.97. The summed E-state index contributed by atoms with van der Waals surface area (Å²) in [6.07, 6.45) is 2.68. The van der Waals surface area contributed by atoms with Gasteiger partial charge in [-0.15, -0.1) is 0 Å². The molecule has 2 heterocycles. The van der Waals surface area contributed by atoms with Gasteiger partial charge in [-0.3, -0.25) is 0 Å². The topological polar surface area (TPSA) is 89.0 Å². The van der Waals surface area contributed by atoms with Crippen LogP contribution in [0.3, 0.4) is 0 Å². The smallest absolute Gasteiger partial charge is 0.336 e. The zero-order chi connectivity index (χ0) is 14.8. The van der Waals surface area contributed by atoms with Crippen LogP contribution < -0.4 is 10.4 Å². The molecule has 0 aliphatic heterocycles. The minimum atomic E-state index is -0.407. The number of nitriles is 1. The van der Waals surface area contributed by atoms with E-state index in [1.165, 1.54) is 18.5 Å². The van der Waals surface area contributed by atoms with E-state index in [-0.39, 0.29) is 11.6 Å². The van der Waals surface area contributed by atoms with Crippen LogP contribution in [0.15, 0.2) is 45.9 Å². The molecule has 0 aliphatic rings. The molecule has 6 nitrogen and oxygen atoms in total. The summed E-state index contributed by atoms with van der Waals surface area (Å²) in [5.74, 6) is 0.721. The van der Waals surface area contributed by atoms with E-state index in [2.05, 4.69) is 9.97 Å². The van der Waals surface area contributed by atoms with Crippen molar-refractivity contribution in [2.45, 2.75) is 6.92 Å². The fraction of sp³-hybridized carbons (Fsp3) is 0.0667. The second-order valence-electron chi connectivity index (χ2n) is 4.36. The maximum atomic E-state index is 11.4. The van der Waals surface area contributed by atoms with E-state index >= 15 is 0 Å². The van der Waals surface area contributed by atoms with Crippen LogP contribution in [0.4, 0.5) is 0 Å². The average Bonchev–Trinajstić information content (AvgIpc) is 2.47. The third kappa shape index (κ3) is 2.58. The molecule has 3 aromatic rings. The molecule has 21 heavy (non-hydrogen) atoms. The largest absolute Gasteiger partial charge is 0.437 e. The zero-order valence-corrected chi connectivity index (χ0v) is 11.0. The first-order chi connectivity index (χ1) is 10.2. The van der Waals surface area contributed by atoms with Gasteiger partial charge < -0.3 is 9.15 Å². The van der Waals surface area contributed by atoms with E-state index in [0.717, 1.165) is 10.9 Å². The quantitative estimate of drug-likeness (QED) is 0.670. The van der Waals surface area contributed by atoms with E-state index in [9.17, 15) is 4.79 Å². The predicted octanol–water partition coefficient (Wildman–Crippen LogP) is 2.56. The van der Waals surface area contributed by atoms with Gasteiger partial charge >= 0.3 is 5.63 Å². The molecule has 102 valence electrons. The molecule has 0 saturated carbocycles. The molecule has 0 unspecified atom stereocenters. The van der Waals surface area contributed by atoms with Crippen LogP contribution in [0.1, 0.15) is 11.3 Å². The van der Waals surface area contributed by atoms with Crippen molar-refractivity contribution < 1.29 is 9.15 Å². The molecule has 0 spiro atoms. The Labute approximate surface area is 119 Å². The molecule has 2 aromatic heterocycles. The standard InChI is InChI=1S/C15H9N3O3/c1-9-4-15(19)21-13-5-11(2-3-12(9)13)20-14-8-17-10(6-16)7-18-14/h2-5,7-8H,1H3. The maximum Gasteiger partial charge on any atom is 0.336 e. The van der Waals surface area contributed by atoms with Gasteiger partial charge in [0.1, 0.15) is 17.4 Å². The van der Waals surface area contributed by atoms with Gasteiger partial charge in [-0.05, 0) is 24.6 Å². The summed E-state index contributed by atoms with van der Waals surface area (Å²) in [7, 11) is 0. The minimum Gasteiger partial charge on any atom is -0.437 e. The number of aromatic nitrogens is 2. The Bertz CT molecular complexity index is 908. The number of rotatable bonds is 2. The minimum absolute atomic E-state index is 0.211. The maximum absolute atomic E-state index is 11.4. The molecule has 0 atom stereocenters. The fourth-order valence-corrected chi connectivity index (χ4v) is 1.92. The van der Waals surface area contributed by atoms with Gasteiger partial charge in [0.15, 0.2) is 5.69 Å². The summed E-state index contributed by atoms with van der Waals surface area (Å²) in [6.45, 7) is 1.84. The summed E-state index contributed by atoms with van der Waals surface area (Å²) < 4.78 is 10.7. The molecule has 0 amide bonds. The highest BCUT2D eigenvalue weighted by Crippen LogP contribution is 2.25. The molecule has 0 aliphatic carbocycles.